The smallest absolute Gasteiger partial charge is 0.136 e. The van der Waals surface area contributed by atoms with Gasteiger partial charge < -0.3 is 19.1 Å². The van der Waals surface area contributed by atoms with E-state index in [-0.39, 0.29) is 0 Å². The first-order chi connectivity index (χ1) is 23.8. The SMILES string of the molecule is c1ccc(C2=NC(c3ccccc3-c3cccc4oc5cc6cccnc6cc5c34)=NC(c3cccc4oc5ccccc5c34)[N-]2)cc1. The third kappa shape index (κ3) is 4.16. The van der Waals surface area contributed by atoms with Crippen molar-refractivity contribution < 1.29 is 8.83 Å². The van der Waals surface area contributed by atoms with Crippen molar-refractivity contribution in [3.8, 4) is 11.1 Å². The van der Waals surface area contributed by atoms with Crippen LogP contribution in [0.5, 0.6) is 0 Å². The first-order valence-electron chi connectivity index (χ1n) is 15.9. The molecule has 1 aliphatic rings. The summed E-state index contributed by atoms with van der Waals surface area (Å²) >= 11 is 0. The van der Waals surface area contributed by atoms with E-state index < -0.39 is 6.17 Å². The quantitative estimate of drug-likeness (QED) is 0.197. The number of para-hydroxylation sites is 1. The number of aromatic nitrogens is 1. The molecule has 0 spiro atoms. The van der Waals surface area contributed by atoms with Crippen LogP contribution in [0.25, 0.3) is 71.2 Å². The molecule has 0 N–H and O–H groups in total. The lowest BCUT2D eigenvalue weighted by Crippen LogP contribution is -2.16. The van der Waals surface area contributed by atoms with Gasteiger partial charge in [-0.05, 0) is 58.7 Å². The molecule has 4 heterocycles. The minimum absolute atomic E-state index is 0.534. The molecule has 48 heavy (non-hydrogen) atoms. The number of benzene rings is 6. The van der Waals surface area contributed by atoms with E-state index in [1.807, 2.05) is 91.1 Å². The summed E-state index contributed by atoms with van der Waals surface area (Å²) < 4.78 is 12.7. The fourth-order valence-electron chi connectivity index (χ4n) is 6.96. The summed E-state index contributed by atoms with van der Waals surface area (Å²) in [6, 6.07) is 47.0. The molecule has 9 aromatic rings. The van der Waals surface area contributed by atoms with Gasteiger partial charge in [-0.3, -0.25) is 9.98 Å². The van der Waals surface area contributed by atoms with Gasteiger partial charge >= 0.3 is 0 Å². The van der Waals surface area contributed by atoms with Crippen molar-refractivity contribution in [2.24, 2.45) is 9.98 Å². The van der Waals surface area contributed by atoms with E-state index in [9.17, 15) is 0 Å². The number of fused-ring (bicyclic) bond motifs is 7. The van der Waals surface area contributed by atoms with Gasteiger partial charge in [0, 0.05) is 38.7 Å². The average Bonchev–Trinajstić information content (AvgIpc) is 3.72. The van der Waals surface area contributed by atoms with E-state index in [2.05, 4.69) is 59.6 Å². The molecule has 0 saturated heterocycles. The molecule has 6 heteroatoms. The number of furan rings is 2. The van der Waals surface area contributed by atoms with E-state index in [0.717, 1.165) is 82.6 Å². The third-order valence-corrected chi connectivity index (χ3v) is 9.12. The van der Waals surface area contributed by atoms with Crippen LogP contribution in [0.4, 0.5) is 0 Å². The zero-order chi connectivity index (χ0) is 31.6. The molecule has 1 atom stereocenters. The van der Waals surface area contributed by atoms with Crippen molar-refractivity contribution in [1.82, 2.24) is 4.98 Å². The van der Waals surface area contributed by atoms with E-state index in [4.69, 9.17) is 24.1 Å². The fourth-order valence-corrected chi connectivity index (χ4v) is 6.96. The second kappa shape index (κ2) is 10.5. The lowest BCUT2D eigenvalue weighted by atomic mass is 9.94. The van der Waals surface area contributed by atoms with Gasteiger partial charge in [-0.2, -0.15) is 0 Å². The molecule has 0 aliphatic carbocycles. The van der Waals surface area contributed by atoms with Crippen LogP contribution >= 0.6 is 0 Å². The molecule has 0 fully saturated rings. The van der Waals surface area contributed by atoms with E-state index in [0.29, 0.717) is 11.7 Å². The molecule has 226 valence electrons. The number of pyridine rings is 1. The second-order valence-corrected chi connectivity index (χ2v) is 11.9. The summed E-state index contributed by atoms with van der Waals surface area (Å²) in [6.07, 6.45) is 1.29. The lowest BCUT2D eigenvalue weighted by Gasteiger charge is -2.33. The Balaban J connectivity index is 1.20. The maximum absolute atomic E-state index is 6.42. The number of hydrogen-bond donors (Lipinski definition) is 0. The number of aliphatic imine (C=N–C) groups is 2. The molecule has 1 unspecified atom stereocenters. The summed E-state index contributed by atoms with van der Waals surface area (Å²) in [5, 5.41) is 10.3. The van der Waals surface area contributed by atoms with Crippen LogP contribution in [0.15, 0.2) is 165 Å². The lowest BCUT2D eigenvalue weighted by molar-refractivity contribution is 0.668. The Bertz CT molecular complexity index is 2770. The Kier molecular flexibility index (Phi) is 5.84. The van der Waals surface area contributed by atoms with Crippen LogP contribution < -0.4 is 0 Å². The maximum atomic E-state index is 6.42. The van der Waals surface area contributed by atoms with E-state index in [1.165, 1.54) is 0 Å². The van der Waals surface area contributed by atoms with Crippen LogP contribution in [0.1, 0.15) is 22.9 Å². The predicted octanol–water partition coefficient (Wildman–Crippen LogP) is 11.0. The van der Waals surface area contributed by atoms with Gasteiger partial charge in [0.05, 0.1) is 17.5 Å². The summed E-state index contributed by atoms with van der Waals surface area (Å²) in [4.78, 5) is 15.0. The minimum atomic E-state index is -0.534. The Morgan fingerprint density at radius 2 is 1.27 bits per heavy atom. The molecule has 6 nitrogen and oxygen atoms in total. The molecule has 0 saturated carbocycles. The molecule has 0 bridgehead atoms. The molecular weight excluding hydrogens is 592 g/mol. The Labute approximate surface area is 274 Å². The highest BCUT2D eigenvalue weighted by atomic mass is 16.3. The number of nitrogens with zero attached hydrogens (tertiary/aromatic N) is 4. The molecule has 0 amide bonds. The normalized spacial score (nSPS) is 14.9. The standard InChI is InChI=1S/C42H25N4O2/c1-2-11-25(12-3-1)40-44-41(46-42(45-40)31-18-9-21-36-39(31)30-16-6-7-19-34(30)47-36)29-15-5-4-14-27(29)28-17-8-20-35-38(28)32-24-33-26(13-10-22-43-33)23-37(32)48-35/h1-24,42H/q-1. The van der Waals surface area contributed by atoms with Crippen LogP contribution in [0.3, 0.4) is 0 Å². The monoisotopic (exact) mass is 617 g/mol. The van der Waals surface area contributed by atoms with Crippen LogP contribution in [-0.4, -0.2) is 16.7 Å². The summed E-state index contributed by atoms with van der Waals surface area (Å²) in [5.74, 6) is 1.25. The van der Waals surface area contributed by atoms with Gasteiger partial charge in [-0.25, -0.2) is 0 Å². The summed E-state index contributed by atoms with van der Waals surface area (Å²) in [6.45, 7) is 0. The minimum Gasteiger partial charge on any atom is -0.456 e. The predicted molar refractivity (Wildman–Crippen MR) is 194 cm³/mol. The van der Waals surface area contributed by atoms with Crippen molar-refractivity contribution in [1.29, 1.82) is 0 Å². The summed E-state index contributed by atoms with van der Waals surface area (Å²) in [5.41, 5.74) is 9.08. The van der Waals surface area contributed by atoms with Crippen molar-refractivity contribution in [2.45, 2.75) is 6.17 Å². The number of rotatable bonds is 4. The zero-order valence-corrected chi connectivity index (χ0v) is 25.5. The number of amidine groups is 2. The molecular formula is C42H25N4O2-. The highest BCUT2D eigenvalue weighted by Crippen LogP contribution is 2.42. The first kappa shape index (κ1) is 26.7. The average molecular weight is 618 g/mol. The van der Waals surface area contributed by atoms with Gasteiger partial charge in [0.25, 0.3) is 0 Å². The van der Waals surface area contributed by atoms with Gasteiger partial charge in [-0.15, -0.1) is 0 Å². The zero-order valence-electron chi connectivity index (χ0n) is 25.5. The van der Waals surface area contributed by atoms with Crippen LogP contribution in [0, 0.1) is 0 Å². The Morgan fingerprint density at radius 1 is 0.542 bits per heavy atom. The first-order valence-corrected chi connectivity index (χ1v) is 15.9. The molecule has 6 aromatic carbocycles. The molecule has 1 aliphatic heterocycles. The highest BCUT2D eigenvalue weighted by Gasteiger charge is 2.21. The largest absolute Gasteiger partial charge is 0.456 e. The van der Waals surface area contributed by atoms with E-state index in [1.54, 1.807) is 0 Å². The molecule has 3 aromatic heterocycles. The Morgan fingerprint density at radius 3 is 2.19 bits per heavy atom. The van der Waals surface area contributed by atoms with Gasteiger partial charge in [0.1, 0.15) is 22.3 Å². The maximum Gasteiger partial charge on any atom is 0.136 e. The topological polar surface area (TPSA) is 78.0 Å². The summed E-state index contributed by atoms with van der Waals surface area (Å²) in [7, 11) is 0. The molecule has 0 radical (unpaired) electrons. The van der Waals surface area contributed by atoms with Crippen molar-refractivity contribution in [3.05, 3.63) is 168 Å². The van der Waals surface area contributed by atoms with Crippen molar-refractivity contribution in [2.75, 3.05) is 0 Å². The van der Waals surface area contributed by atoms with Gasteiger partial charge in [0.2, 0.25) is 0 Å². The van der Waals surface area contributed by atoms with Crippen molar-refractivity contribution in [3.63, 3.8) is 0 Å². The number of hydrogen-bond acceptors (Lipinski definition) is 5. The van der Waals surface area contributed by atoms with Crippen LogP contribution in [0.2, 0.25) is 0 Å². The van der Waals surface area contributed by atoms with Crippen LogP contribution in [-0.2, 0) is 0 Å². The fraction of sp³-hybridized carbons (Fsp3) is 0.0238. The highest BCUT2D eigenvalue weighted by molar-refractivity contribution is 6.22. The second-order valence-electron chi connectivity index (χ2n) is 11.9. The molecule has 10 rings (SSSR count). The van der Waals surface area contributed by atoms with E-state index >= 15 is 0 Å². The van der Waals surface area contributed by atoms with Gasteiger partial charge in [0.15, 0.2) is 0 Å². The third-order valence-electron chi connectivity index (χ3n) is 9.12. The Hall–Kier alpha value is -6.53. The van der Waals surface area contributed by atoms with Crippen molar-refractivity contribution >= 4 is 66.5 Å². The van der Waals surface area contributed by atoms with Gasteiger partial charge in [-0.1, -0.05) is 109 Å².